The van der Waals surface area contributed by atoms with Crippen molar-refractivity contribution in [3.63, 3.8) is 0 Å². The predicted octanol–water partition coefficient (Wildman–Crippen LogP) is 2.94. The van der Waals surface area contributed by atoms with E-state index in [9.17, 15) is 0 Å². The van der Waals surface area contributed by atoms with E-state index in [0.29, 0.717) is 18.6 Å². The maximum Gasteiger partial charge on any atom is 0.322 e. The number of ether oxygens (including phenoxy) is 1. The Labute approximate surface area is 119 Å². The lowest BCUT2D eigenvalue weighted by Gasteiger charge is -2.31. The van der Waals surface area contributed by atoms with Crippen LogP contribution in [0.4, 0.5) is 5.95 Å². The standard InChI is InChI=1S/C13H21ClN4O/c1-3-8-19-13-16-11(14)15-12(17-13)18(4-2)9-10-6-5-7-10/h10H,3-9H2,1-2H3. The monoisotopic (exact) mass is 284 g/mol. The molecule has 106 valence electrons. The average molecular weight is 285 g/mol. The van der Waals surface area contributed by atoms with Crippen LogP contribution >= 0.6 is 11.6 Å². The molecule has 5 nitrogen and oxygen atoms in total. The number of aromatic nitrogens is 3. The summed E-state index contributed by atoms with van der Waals surface area (Å²) in [5.41, 5.74) is 0. The molecule has 19 heavy (non-hydrogen) atoms. The van der Waals surface area contributed by atoms with Gasteiger partial charge in [-0.3, -0.25) is 0 Å². The predicted molar refractivity (Wildman–Crippen MR) is 75.9 cm³/mol. The summed E-state index contributed by atoms with van der Waals surface area (Å²) in [4.78, 5) is 14.7. The molecule has 0 amide bonds. The third kappa shape index (κ3) is 3.93. The minimum atomic E-state index is 0.197. The molecule has 1 aromatic rings. The van der Waals surface area contributed by atoms with E-state index in [2.05, 4.69) is 26.8 Å². The summed E-state index contributed by atoms with van der Waals surface area (Å²) in [6, 6.07) is 0.323. The Hall–Kier alpha value is -1.10. The maximum absolute atomic E-state index is 5.95. The number of anilines is 1. The van der Waals surface area contributed by atoms with E-state index >= 15 is 0 Å². The molecule has 0 N–H and O–H groups in total. The Morgan fingerprint density at radius 1 is 1.26 bits per heavy atom. The molecule has 1 saturated carbocycles. The molecule has 0 aromatic carbocycles. The molecule has 0 atom stereocenters. The van der Waals surface area contributed by atoms with Crippen molar-refractivity contribution < 1.29 is 4.74 Å². The van der Waals surface area contributed by atoms with Crippen molar-refractivity contribution in [1.82, 2.24) is 15.0 Å². The fourth-order valence-corrected chi connectivity index (χ4v) is 2.21. The summed E-state index contributed by atoms with van der Waals surface area (Å²) in [7, 11) is 0. The van der Waals surface area contributed by atoms with Gasteiger partial charge in [-0.15, -0.1) is 0 Å². The van der Waals surface area contributed by atoms with Gasteiger partial charge in [0, 0.05) is 13.1 Å². The highest BCUT2D eigenvalue weighted by atomic mass is 35.5. The molecule has 1 fully saturated rings. The van der Waals surface area contributed by atoms with Crippen molar-refractivity contribution >= 4 is 17.5 Å². The Balaban J connectivity index is 2.08. The fraction of sp³-hybridized carbons (Fsp3) is 0.769. The smallest absolute Gasteiger partial charge is 0.322 e. The Morgan fingerprint density at radius 3 is 2.63 bits per heavy atom. The van der Waals surface area contributed by atoms with Crippen molar-refractivity contribution in [3.05, 3.63) is 5.28 Å². The topological polar surface area (TPSA) is 51.1 Å². The first-order valence-corrected chi connectivity index (χ1v) is 7.40. The Bertz CT molecular complexity index is 412. The van der Waals surface area contributed by atoms with Gasteiger partial charge in [0.1, 0.15) is 0 Å². The molecule has 2 rings (SSSR count). The van der Waals surface area contributed by atoms with Crippen molar-refractivity contribution in [2.75, 3.05) is 24.6 Å². The summed E-state index contributed by atoms with van der Waals surface area (Å²) in [5.74, 6) is 1.39. The molecule has 0 aliphatic heterocycles. The SMILES string of the molecule is CCCOc1nc(Cl)nc(N(CC)CC2CCC2)n1. The van der Waals surface area contributed by atoms with E-state index < -0.39 is 0 Å². The van der Waals surface area contributed by atoms with Gasteiger partial charge in [0.2, 0.25) is 11.2 Å². The largest absolute Gasteiger partial charge is 0.463 e. The van der Waals surface area contributed by atoms with E-state index in [1.807, 2.05) is 6.92 Å². The average Bonchev–Trinajstić information content (AvgIpc) is 2.34. The highest BCUT2D eigenvalue weighted by Gasteiger charge is 2.22. The van der Waals surface area contributed by atoms with Crippen LogP contribution in [-0.2, 0) is 0 Å². The normalized spacial score (nSPS) is 15.1. The molecule has 1 aliphatic carbocycles. The fourth-order valence-electron chi connectivity index (χ4n) is 2.06. The Kier molecular flexibility index (Phi) is 5.19. The number of halogens is 1. The van der Waals surface area contributed by atoms with Crippen LogP contribution in [0.3, 0.4) is 0 Å². The van der Waals surface area contributed by atoms with Crippen molar-refractivity contribution in [3.8, 4) is 6.01 Å². The minimum Gasteiger partial charge on any atom is -0.463 e. The second-order valence-electron chi connectivity index (χ2n) is 4.87. The molecule has 0 saturated heterocycles. The molecule has 1 aromatic heterocycles. The van der Waals surface area contributed by atoms with Crippen molar-refractivity contribution in [2.24, 2.45) is 5.92 Å². The minimum absolute atomic E-state index is 0.197. The number of hydrogen-bond acceptors (Lipinski definition) is 5. The number of hydrogen-bond donors (Lipinski definition) is 0. The lowest BCUT2D eigenvalue weighted by atomic mass is 9.85. The van der Waals surface area contributed by atoms with Crippen LogP contribution in [0.25, 0.3) is 0 Å². The van der Waals surface area contributed by atoms with Crippen LogP contribution in [0, 0.1) is 5.92 Å². The first-order valence-electron chi connectivity index (χ1n) is 7.02. The first-order chi connectivity index (χ1) is 9.22. The van der Waals surface area contributed by atoms with E-state index in [1.165, 1.54) is 19.3 Å². The van der Waals surface area contributed by atoms with Gasteiger partial charge in [0.15, 0.2) is 0 Å². The van der Waals surface area contributed by atoms with Gasteiger partial charge < -0.3 is 9.64 Å². The van der Waals surface area contributed by atoms with Crippen LogP contribution in [-0.4, -0.2) is 34.6 Å². The zero-order valence-electron chi connectivity index (χ0n) is 11.6. The Morgan fingerprint density at radius 2 is 2.05 bits per heavy atom. The van der Waals surface area contributed by atoms with Gasteiger partial charge >= 0.3 is 6.01 Å². The van der Waals surface area contributed by atoms with E-state index in [0.717, 1.165) is 25.4 Å². The lowest BCUT2D eigenvalue weighted by molar-refractivity contribution is 0.290. The quantitative estimate of drug-likeness (QED) is 0.770. The summed E-state index contributed by atoms with van der Waals surface area (Å²) < 4.78 is 5.44. The van der Waals surface area contributed by atoms with Gasteiger partial charge in [-0.2, -0.15) is 15.0 Å². The van der Waals surface area contributed by atoms with Gasteiger partial charge in [-0.05, 0) is 43.7 Å². The van der Waals surface area contributed by atoms with Crippen molar-refractivity contribution in [2.45, 2.75) is 39.5 Å². The summed E-state index contributed by atoms with van der Waals surface area (Å²) in [6.07, 6.45) is 4.85. The highest BCUT2D eigenvalue weighted by Crippen LogP contribution is 2.28. The highest BCUT2D eigenvalue weighted by molar-refractivity contribution is 6.28. The summed E-state index contributed by atoms with van der Waals surface area (Å²) >= 11 is 5.95. The number of rotatable bonds is 7. The maximum atomic E-state index is 5.95. The molecule has 1 aliphatic rings. The molecule has 6 heteroatoms. The summed E-state index contributed by atoms with van der Waals surface area (Å²) in [6.45, 7) is 6.59. The number of nitrogens with zero attached hydrogens (tertiary/aromatic N) is 4. The molecular weight excluding hydrogens is 264 g/mol. The zero-order valence-corrected chi connectivity index (χ0v) is 12.4. The van der Waals surface area contributed by atoms with Crippen LogP contribution < -0.4 is 9.64 Å². The first kappa shape index (κ1) is 14.3. The molecule has 0 bridgehead atoms. The second kappa shape index (κ2) is 6.89. The third-order valence-corrected chi connectivity index (χ3v) is 3.55. The molecular formula is C13H21ClN4O. The molecule has 1 heterocycles. The van der Waals surface area contributed by atoms with Crippen LogP contribution in [0.1, 0.15) is 39.5 Å². The lowest BCUT2D eigenvalue weighted by Crippen LogP contribution is -2.33. The van der Waals surface area contributed by atoms with Gasteiger partial charge in [-0.25, -0.2) is 0 Å². The molecule has 0 spiro atoms. The van der Waals surface area contributed by atoms with E-state index in [1.54, 1.807) is 0 Å². The van der Waals surface area contributed by atoms with Crippen LogP contribution in [0.5, 0.6) is 6.01 Å². The third-order valence-electron chi connectivity index (χ3n) is 3.38. The van der Waals surface area contributed by atoms with Crippen molar-refractivity contribution in [1.29, 1.82) is 0 Å². The van der Waals surface area contributed by atoms with Gasteiger partial charge in [-0.1, -0.05) is 13.3 Å². The van der Waals surface area contributed by atoms with Crippen LogP contribution in [0.2, 0.25) is 5.28 Å². The zero-order chi connectivity index (χ0) is 13.7. The molecule has 0 unspecified atom stereocenters. The summed E-state index contributed by atoms with van der Waals surface area (Å²) in [5, 5.41) is 0.197. The molecule has 0 radical (unpaired) electrons. The van der Waals surface area contributed by atoms with Crippen LogP contribution in [0.15, 0.2) is 0 Å². The van der Waals surface area contributed by atoms with E-state index in [4.69, 9.17) is 16.3 Å². The van der Waals surface area contributed by atoms with Gasteiger partial charge in [0.05, 0.1) is 6.61 Å². The van der Waals surface area contributed by atoms with Gasteiger partial charge in [0.25, 0.3) is 0 Å². The second-order valence-corrected chi connectivity index (χ2v) is 5.21. The van der Waals surface area contributed by atoms with E-state index in [-0.39, 0.29) is 5.28 Å².